The molecule has 4 aromatic heterocycles. The number of para-hydroxylation sites is 2. The van der Waals surface area contributed by atoms with Crippen LogP contribution in [0.1, 0.15) is 44.5 Å². The molecule has 28 rings (SSSR count). The van der Waals surface area contributed by atoms with Gasteiger partial charge in [0.15, 0.2) is 0 Å². The van der Waals surface area contributed by atoms with Gasteiger partial charge in [0.1, 0.15) is 0 Å². The summed E-state index contributed by atoms with van der Waals surface area (Å²) in [6, 6.07) is 181. The van der Waals surface area contributed by atoms with Crippen LogP contribution in [-0.4, -0.2) is 18.3 Å². The van der Waals surface area contributed by atoms with E-state index in [1.165, 1.54) is 231 Å². The molecule has 0 amide bonds. The Labute approximate surface area is 751 Å². The lowest BCUT2D eigenvalue weighted by atomic mass is 9.67. The summed E-state index contributed by atoms with van der Waals surface area (Å²) in [6.07, 6.45) is 0. The third kappa shape index (κ3) is 10.8. The van der Waals surface area contributed by atoms with Crippen LogP contribution in [0.3, 0.4) is 0 Å². The minimum Gasteiger partial charge on any atom is -0.309 e. The predicted octanol–water partition coefficient (Wildman–Crippen LogP) is 32.4. The topological polar surface area (TPSA) is 19.7 Å². The number of nitrogens with zero attached hydrogens (tertiary/aromatic N) is 4. The Hall–Kier alpha value is -16.9. The van der Waals surface area contributed by atoms with Gasteiger partial charge in [0.2, 0.25) is 0 Å². The van der Waals surface area contributed by atoms with Crippen molar-refractivity contribution in [3.8, 4) is 67.3 Å². The van der Waals surface area contributed by atoms with Crippen molar-refractivity contribution in [3.05, 3.63) is 530 Å². The zero-order chi connectivity index (χ0) is 85.3. The van der Waals surface area contributed by atoms with Crippen LogP contribution in [0.25, 0.3) is 198 Å². The molecule has 0 radical (unpaired) electrons. The highest BCUT2D eigenvalue weighted by molar-refractivity contribution is 6.18. The van der Waals surface area contributed by atoms with Crippen molar-refractivity contribution in [1.82, 2.24) is 18.3 Å². The number of rotatable bonds is 10. The van der Waals surface area contributed by atoms with Gasteiger partial charge < -0.3 is 18.3 Å². The highest BCUT2D eigenvalue weighted by atomic mass is 15.0. The van der Waals surface area contributed by atoms with E-state index < -0.39 is 10.8 Å². The molecule has 0 aliphatic heterocycles. The Morgan fingerprint density at radius 2 is 0.438 bits per heavy atom. The Kier molecular flexibility index (Phi) is 16.3. The van der Waals surface area contributed by atoms with Gasteiger partial charge in [-0.25, -0.2) is 0 Å². The number of hydrogen-bond donors (Lipinski definition) is 0. The van der Waals surface area contributed by atoms with E-state index >= 15 is 0 Å². The van der Waals surface area contributed by atoms with Crippen molar-refractivity contribution in [2.75, 3.05) is 0 Å². The number of hydrogen-bond acceptors (Lipinski definition) is 0. The SMILES string of the molecule is c1ccc(C2(c3ccccc3)c3ccccc3-c3cc4c(cc32)c2cc(-c3ccc5c(c3)c3ccccc3n5-c3cccc5ccccc35)ccc2n4-c2ccc3ccccc3c2)cc1.c1ccc(C2(c3ccccc3)c3ccccc3-c3cc4c5cc(-c6ccc7c(c6)c6ccccc6n7-c6cccc7ccccc67)ccc5n(-c5ccc6ccccc6c5)c4cc32)cc1. The van der Waals surface area contributed by atoms with Crippen molar-refractivity contribution in [2.24, 2.45) is 0 Å². The maximum absolute atomic E-state index is 2.54. The second-order valence-corrected chi connectivity index (χ2v) is 35.2. The Morgan fingerprint density at radius 3 is 0.869 bits per heavy atom. The van der Waals surface area contributed by atoms with Crippen molar-refractivity contribution in [1.29, 1.82) is 0 Å². The van der Waals surface area contributed by atoms with Crippen LogP contribution in [0.15, 0.2) is 485 Å². The van der Waals surface area contributed by atoms with Crippen LogP contribution in [0, 0.1) is 0 Å². The molecule has 22 aromatic carbocycles. The molecule has 0 atom stereocenters. The van der Waals surface area contributed by atoms with Gasteiger partial charge in [0, 0.05) is 65.2 Å². The van der Waals surface area contributed by atoms with E-state index in [9.17, 15) is 0 Å². The van der Waals surface area contributed by atoms with Crippen molar-refractivity contribution >= 4 is 130 Å². The standard InChI is InChI=1S/2C63H40N2/c1-3-20-46(21-4-1)63(47-22-5-2-6-23-47)56-27-13-11-25-50(56)52-40-62-55(39-57(52)63)54-38-45(31-34-60(54)64(62)48-33-30-41-16-7-8-18-43(41)36-48)44-32-35-61-53(37-44)51-26-12-14-28-59(51)65(61)58-29-15-19-42-17-9-10-24-49(42)58;1-3-20-46(21-4-1)63(47-22-5-2-6-23-47)56-27-13-11-25-50(56)52-39-55-54-38-45(31-34-60(54)64(62(55)40-57(52)63)48-33-30-41-16-7-8-18-43(41)36-48)44-32-35-61-53(37-44)51-26-12-14-28-59(51)65(61)58-29-15-19-42-17-9-10-24-49(42)58/h2*1-40H. The van der Waals surface area contributed by atoms with Gasteiger partial charge >= 0.3 is 0 Å². The lowest BCUT2D eigenvalue weighted by Gasteiger charge is -2.34. The largest absolute Gasteiger partial charge is 0.309 e. The molecule has 26 aromatic rings. The molecule has 2 aliphatic rings. The molecule has 0 bridgehead atoms. The van der Waals surface area contributed by atoms with Gasteiger partial charge in [0.05, 0.1) is 66.3 Å². The predicted molar refractivity (Wildman–Crippen MR) is 546 cm³/mol. The Morgan fingerprint density at radius 1 is 0.138 bits per heavy atom. The summed E-state index contributed by atoms with van der Waals surface area (Å²) in [7, 11) is 0. The molecule has 0 saturated heterocycles. The molecule has 0 spiro atoms. The number of aromatic nitrogens is 4. The average molecular weight is 1650 g/mol. The maximum atomic E-state index is 2.54. The Bertz CT molecular complexity index is 9080. The molecule has 604 valence electrons. The molecule has 2 aliphatic carbocycles. The van der Waals surface area contributed by atoms with Crippen LogP contribution >= 0.6 is 0 Å². The first-order chi connectivity index (χ1) is 64.5. The van der Waals surface area contributed by atoms with E-state index in [4.69, 9.17) is 0 Å². The molecule has 4 heterocycles. The van der Waals surface area contributed by atoms with Gasteiger partial charge in [-0.15, -0.1) is 0 Å². The molecule has 4 nitrogen and oxygen atoms in total. The zero-order valence-electron chi connectivity index (χ0n) is 71.0. The van der Waals surface area contributed by atoms with Crippen LogP contribution in [0.5, 0.6) is 0 Å². The van der Waals surface area contributed by atoms with Gasteiger partial charge in [-0.1, -0.05) is 364 Å². The Balaban J connectivity index is 0.000000134. The molecule has 0 N–H and O–H groups in total. The first-order valence-corrected chi connectivity index (χ1v) is 45.2. The molecule has 0 saturated carbocycles. The van der Waals surface area contributed by atoms with E-state index in [1.54, 1.807) is 0 Å². The molecule has 0 unspecified atom stereocenters. The fraction of sp³-hybridized carbons (Fsp3) is 0.0159. The summed E-state index contributed by atoms with van der Waals surface area (Å²) in [4.78, 5) is 0. The van der Waals surface area contributed by atoms with E-state index in [0.29, 0.717) is 0 Å². The summed E-state index contributed by atoms with van der Waals surface area (Å²) in [6.45, 7) is 0. The number of fused-ring (bicyclic) bond motifs is 22. The fourth-order valence-corrected chi connectivity index (χ4v) is 23.1. The molecular weight excluding hydrogens is 1570 g/mol. The summed E-state index contributed by atoms with van der Waals surface area (Å²) >= 11 is 0. The average Bonchev–Trinajstić information content (AvgIpc) is 1.52. The minimum atomic E-state index is -0.501. The smallest absolute Gasteiger partial charge is 0.0714 e. The third-order valence-electron chi connectivity index (χ3n) is 28.7. The lowest BCUT2D eigenvalue weighted by Crippen LogP contribution is -2.28. The van der Waals surface area contributed by atoms with Crippen molar-refractivity contribution in [3.63, 3.8) is 0 Å². The van der Waals surface area contributed by atoms with Gasteiger partial charge in [0.25, 0.3) is 0 Å². The lowest BCUT2D eigenvalue weighted by molar-refractivity contribution is 0.769. The zero-order valence-corrected chi connectivity index (χ0v) is 71.0. The summed E-state index contributed by atoms with van der Waals surface area (Å²) in [5, 5.41) is 19.8. The fourth-order valence-electron chi connectivity index (χ4n) is 23.1. The van der Waals surface area contributed by atoms with E-state index in [2.05, 4.69) is 504 Å². The van der Waals surface area contributed by atoms with Crippen LogP contribution in [0.2, 0.25) is 0 Å². The van der Waals surface area contributed by atoms with Gasteiger partial charge in [-0.3, -0.25) is 0 Å². The highest BCUT2D eigenvalue weighted by Crippen LogP contribution is 2.60. The van der Waals surface area contributed by atoms with Gasteiger partial charge in [-0.2, -0.15) is 0 Å². The second-order valence-electron chi connectivity index (χ2n) is 35.2. The summed E-state index contributed by atoms with van der Waals surface area (Å²) < 4.78 is 9.89. The van der Waals surface area contributed by atoms with Crippen LogP contribution in [-0.2, 0) is 10.8 Å². The molecule has 0 fully saturated rings. The van der Waals surface area contributed by atoms with E-state index in [0.717, 1.165) is 11.4 Å². The molecule has 4 heteroatoms. The molecular formula is C126H80N4. The first kappa shape index (κ1) is 73.4. The maximum Gasteiger partial charge on any atom is 0.0714 e. The van der Waals surface area contributed by atoms with Crippen LogP contribution in [0.4, 0.5) is 0 Å². The summed E-state index contributed by atoms with van der Waals surface area (Å²) in [5.41, 5.74) is 33.6. The molecule has 130 heavy (non-hydrogen) atoms. The van der Waals surface area contributed by atoms with Crippen LogP contribution < -0.4 is 0 Å². The normalized spacial score (nSPS) is 13.0. The second kappa shape index (κ2) is 28.8. The monoisotopic (exact) mass is 1650 g/mol. The summed E-state index contributed by atoms with van der Waals surface area (Å²) in [5.74, 6) is 0. The third-order valence-corrected chi connectivity index (χ3v) is 28.7. The highest BCUT2D eigenvalue weighted by Gasteiger charge is 2.48. The van der Waals surface area contributed by atoms with Crippen molar-refractivity contribution < 1.29 is 0 Å². The van der Waals surface area contributed by atoms with Crippen molar-refractivity contribution in [2.45, 2.75) is 10.8 Å². The quantitative estimate of drug-likeness (QED) is 0.130. The van der Waals surface area contributed by atoms with E-state index in [-0.39, 0.29) is 0 Å². The minimum absolute atomic E-state index is 0.499. The van der Waals surface area contributed by atoms with E-state index in [1.807, 2.05) is 0 Å². The van der Waals surface area contributed by atoms with Gasteiger partial charge in [-0.05, 0) is 243 Å². The first-order valence-electron chi connectivity index (χ1n) is 45.2. The number of benzene rings is 22.